The van der Waals surface area contributed by atoms with Gasteiger partial charge in [0.25, 0.3) is 5.91 Å². The van der Waals surface area contributed by atoms with E-state index in [9.17, 15) is 19.2 Å². The number of anilines is 1. The molecule has 1 aliphatic rings. The molecule has 4 aromatic rings. The zero-order valence-electron chi connectivity index (χ0n) is 20.8. The largest absolute Gasteiger partial charge is 0.465 e. The highest BCUT2D eigenvalue weighted by Crippen LogP contribution is 2.43. The second-order valence-corrected chi connectivity index (χ2v) is 9.64. The Morgan fingerprint density at radius 1 is 1.13 bits per heavy atom. The number of hydrogen-bond donors (Lipinski definition) is 0. The fourth-order valence-corrected chi connectivity index (χ4v) is 5.38. The van der Waals surface area contributed by atoms with Crippen LogP contribution in [-0.4, -0.2) is 36.5 Å². The molecule has 0 radical (unpaired) electrons. The lowest BCUT2D eigenvalue weighted by Gasteiger charge is -2.22. The van der Waals surface area contributed by atoms with Gasteiger partial charge in [-0.2, -0.15) is 0 Å². The highest BCUT2D eigenvalue weighted by Gasteiger charge is 2.45. The number of carbonyl (C=O) groups is 3. The molecular weight excluding hydrogens is 508 g/mol. The van der Waals surface area contributed by atoms with Crippen LogP contribution in [0.4, 0.5) is 5.13 Å². The number of amides is 1. The quantitative estimate of drug-likeness (QED) is 0.259. The van der Waals surface area contributed by atoms with E-state index in [1.807, 2.05) is 6.92 Å². The Kier molecular flexibility index (Phi) is 6.41. The third-order valence-corrected chi connectivity index (χ3v) is 7.32. The molecule has 10 heteroatoms. The summed E-state index contributed by atoms with van der Waals surface area (Å²) in [5.74, 6) is -1.78. The van der Waals surface area contributed by atoms with Gasteiger partial charge < -0.3 is 13.9 Å². The van der Waals surface area contributed by atoms with Crippen molar-refractivity contribution in [1.29, 1.82) is 0 Å². The average molecular weight is 531 g/mol. The summed E-state index contributed by atoms with van der Waals surface area (Å²) in [6.07, 6.45) is 1.45. The first-order valence-corrected chi connectivity index (χ1v) is 12.4. The number of carbonyl (C=O) groups excluding carboxylic acids is 3. The number of aromatic nitrogens is 1. The molecule has 1 aliphatic heterocycles. The van der Waals surface area contributed by atoms with Gasteiger partial charge >= 0.3 is 11.9 Å². The molecule has 0 N–H and O–H groups in total. The van der Waals surface area contributed by atoms with Crippen molar-refractivity contribution in [1.82, 2.24) is 4.98 Å². The Labute approximate surface area is 220 Å². The second-order valence-electron chi connectivity index (χ2n) is 8.66. The minimum absolute atomic E-state index is 0.0270. The van der Waals surface area contributed by atoms with Gasteiger partial charge in [0.2, 0.25) is 5.76 Å². The van der Waals surface area contributed by atoms with Crippen molar-refractivity contribution < 1.29 is 28.3 Å². The Balaban J connectivity index is 1.70. The third-order valence-electron chi connectivity index (χ3n) is 6.18. The summed E-state index contributed by atoms with van der Waals surface area (Å²) in [6.45, 7) is 7.06. The summed E-state index contributed by atoms with van der Waals surface area (Å²) in [5.41, 5.74) is 2.20. The molecule has 1 atom stereocenters. The zero-order valence-corrected chi connectivity index (χ0v) is 21.6. The van der Waals surface area contributed by atoms with Gasteiger partial charge in [-0.1, -0.05) is 47.8 Å². The van der Waals surface area contributed by atoms with E-state index in [0.29, 0.717) is 27.8 Å². The van der Waals surface area contributed by atoms with Gasteiger partial charge in [0.1, 0.15) is 17.1 Å². The van der Waals surface area contributed by atoms with Gasteiger partial charge in [-0.3, -0.25) is 14.5 Å². The van der Waals surface area contributed by atoms with E-state index < -0.39 is 23.9 Å². The number of thiazole rings is 1. The first-order chi connectivity index (χ1) is 18.2. The Morgan fingerprint density at radius 3 is 2.55 bits per heavy atom. The molecule has 5 rings (SSSR count). The van der Waals surface area contributed by atoms with Gasteiger partial charge in [0, 0.05) is 0 Å². The topological polar surface area (TPSA) is 116 Å². The number of nitrogens with zero attached hydrogens (tertiary/aromatic N) is 2. The molecule has 38 heavy (non-hydrogen) atoms. The lowest BCUT2D eigenvalue weighted by molar-refractivity contribution is 0.0552. The Bertz CT molecular complexity index is 1680. The summed E-state index contributed by atoms with van der Waals surface area (Å²) >= 11 is 0.980. The monoisotopic (exact) mass is 530 g/mol. The molecule has 192 valence electrons. The van der Waals surface area contributed by atoms with Crippen LogP contribution in [0.15, 0.2) is 64.3 Å². The van der Waals surface area contributed by atoms with Crippen molar-refractivity contribution in [3.05, 3.63) is 104 Å². The second kappa shape index (κ2) is 9.71. The lowest BCUT2D eigenvalue weighted by atomic mass is 9.97. The number of esters is 2. The molecule has 9 nitrogen and oxygen atoms in total. The molecule has 0 fully saturated rings. The molecule has 3 heterocycles. The van der Waals surface area contributed by atoms with Gasteiger partial charge in [-0.15, -0.1) is 0 Å². The van der Waals surface area contributed by atoms with E-state index in [0.717, 1.165) is 16.9 Å². The Hall–Kier alpha value is -4.57. The molecule has 2 aromatic carbocycles. The highest BCUT2D eigenvalue weighted by molar-refractivity contribution is 7.17. The lowest BCUT2D eigenvalue weighted by Crippen LogP contribution is -2.29. The molecule has 1 unspecified atom stereocenters. The van der Waals surface area contributed by atoms with E-state index >= 15 is 0 Å². The number of hydrogen-bond acceptors (Lipinski definition) is 9. The van der Waals surface area contributed by atoms with Gasteiger partial charge in [0.05, 0.1) is 35.4 Å². The molecule has 0 saturated heterocycles. The van der Waals surface area contributed by atoms with E-state index in [1.54, 1.807) is 49.4 Å². The predicted octanol–water partition coefficient (Wildman–Crippen LogP) is 4.75. The summed E-state index contributed by atoms with van der Waals surface area (Å²) in [7, 11) is 1.28. The predicted molar refractivity (Wildman–Crippen MR) is 141 cm³/mol. The minimum Gasteiger partial charge on any atom is -0.465 e. The fraction of sp³-hybridized carbons (Fsp3) is 0.179. The SMILES string of the molecule is C=CCOC(=O)c1sc(N2C(=O)c3oc4ccc(C)cc4c(=O)c3C2c2ccc(C(=O)OC)cc2)nc1C. The highest BCUT2D eigenvalue weighted by atomic mass is 32.1. The maximum Gasteiger partial charge on any atom is 0.350 e. The Morgan fingerprint density at radius 2 is 1.87 bits per heavy atom. The number of aryl methyl sites for hydroxylation is 2. The van der Waals surface area contributed by atoms with Crippen molar-refractivity contribution in [2.75, 3.05) is 18.6 Å². The number of methoxy groups -OCH3 is 1. The standard InChI is InChI=1S/C28H22N2O7S/c1-5-12-36-27(34)24-15(3)29-28(38-24)30-21(16-7-9-17(10-8-16)26(33)35-4)20-22(31)18-13-14(2)6-11-19(18)37-23(20)25(30)32/h5-11,13,21H,1,12H2,2-4H3. The number of ether oxygens (including phenoxy) is 2. The van der Waals surface area contributed by atoms with Crippen LogP contribution in [0.3, 0.4) is 0 Å². The van der Waals surface area contributed by atoms with Crippen molar-refractivity contribution in [3.8, 4) is 0 Å². The van der Waals surface area contributed by atoms with Crippen LogP contribution in [-0.2, 0) is 9.47 Å². The first-order valence-electron chi connectivity index (χ1n) is 11.6. The minimum atomic E-state index is -0.909. The average Bonchev–Trinajstić information content (AvgIpc) is 3.44. The summed E-state index contributed by atoms with van der Waals surface area (Å²) in [4.78, 5) is 58.2. The van der Waals surface area contributed by atoms with E-state index in [4.69, 9.17) is 13.9 Å². The molecule has 0 spiro atoms. The fourth-order valence-electron chi connectivity index (χ4n) is 4.39. The molecule has 2 aromatic heterocycles. The third kappa shape index (κ3) is 4.08. The number of rotatable bonds is 6. The maximum absolute atomic E-state index is 13.8. The number of fused-ring (bicyclic) bond motifs is 2. The van der Waals surface area contributed by atoms with Crippen molar-refractivity contribution in [2.24, 2.45) is 0 Å². The molecule has 0 bridgehead atoms. The van der Waals surface area contributed by atoms with Crippen LogP contribution in [0, 0.1) is 13.8 Å². The smallest absolute Gasteiger partial charge is 0.350 e. The summed E-state index contributed by atoms with van der Waals surface area (Å²) in [5, 5.41) is 0.546. The van der Waals surface area contributed by atoms with Crippen molar-refractivity contribution in [2.45, 2.75) is 19.9 Å². The van der Waals surface area contributed by atoms with Crippen LogP contribution in [0.5, 0.6) is 0 Å². The van der Waals surface area contributed by atoms with E-state index in [-0.39, 0.29) is 33.4 Å². The summed E-state index contributed by atoms with van der Waals surface area (Å²) < 4.78 is 15.9. The van der Waals surface area contributed by atoms with Crippen molar-refractivity contribution in [3.63, 3.8) is 0 Å². The number of benzene rings is 2. The van der Waals surface area contributed by atoms with Crippen molar-refractivity contribution >= 4 is 45.3 Å². The zero-order chi connectivity index (χ0) is 27.1. The van der Waals surface area contributed by atoms with Crippen LogP contribution < -0.4 is 10.3 Å². The maximum atomic E-state index is 13.8. The van der Waals surface area contributed by atoms with E-state index in [1.165, 1.54) is 18.1 Å². The molecular formula is C28H22N2O7S. The summed E-state index contributed by atoms with van der Waals surface area (Å²) in [6, 6.07) is 10.7. The van der Waals surface area contributed by atoms with Crippen LogP contribution in [0.25, 0.3) is 11.0 Å². The normalized spacial score (nSPS) is 14.4. The molecule has 0 saturated carbocycles. The molecule has 1 amide bonds. The van der Waals surface area contributed by atoms with Crippen LogP contribution in [0.1, 0.15) is 59.0 Å². The first kappa shape index (κ1) is 25.1. The van der Waals surface area contributed by atoms with Crippen LogP contribution >= 0.6 is 11.3 Å². The van der Waals surface area contributed by atoms with Gasteiger partial charge in [-0.25, -0.2) is 14.6 Å². The molecule has 0 aliphatic carbocycles. The van der Waals surface area contributed by atoms with Gasteiger partial charge in [-0.05, 0) is 43.7 Å². The van der Waals surface area contributed by atoms with Gasteiger partial charge in [0.15, 0.2) is 10.6 Å². The van der Waals surface area contributed by atoms with Crippen LogP contribution in [0.2, 0.25) is 0 Å². The van der Waals surface area contributed by atoms with E-state index in [2.05, 4.69) is 11.6 Å².